The van der Waals surface area contributed by atoms with Gasteiger partial charge < -0.3 is 24.8 Å². The molecule has 7 heteroatoms. The van der Waals surface area contributed by atoms with E-state index in [0.29, 0.717) is 39.1 Å². The minimum absolute atomic E-state index is 0.0229. The maximum atomic E-state index is 12.9. The van der Waals surface area contributed by atoms with E-state index in [1.165, 1.54) is 0 Å². The predicted octanol–water partition coefficient (Wildman–Crippen LogP) is 2.05. The topological polar surface area (TPSA) is 88.1 Å². The summed E-state index contributed by atoms with van der Waals surface area (Å²) in [5.41, 5.74) is 0.662. The lowest BCUT2D eigenvalue weighted by Gasteiger charge is -2.43. The third kappa shape index (κ3) is 5.43. The van der Waals surface area contributed by atoms with Gasteiger partial charge >= 0.3 is 12.0 Å². The van der Waals surface area contributed by atoms with E-state index in [9.17, 15) is 9.59 Å². The highest BCUT2D eigenvalue weighted by Gasteiger charge is 2.44. The minimum atomic E-state index is -0.857. The molecule has 0 saturated carbocycles. The van der Waals surface area contributed by atoms with Crippen molar-refractivity contribution in [2.45, 2.75) is 50.4 Å². The second kappa shape index (κ2) is 8.71. The van der Waals surface area contributed by atoms with Gasteiger partial charge in [0.05, 0.1) is 19.3 Å². The molecule has 2 N–H and O–H groups in total. The molecule has 0 radical (unpaired) electrons. The number of amides is 2. The monoisotopic (exact) mass is 376 g/mol. The number of carbonyl (C=O) groups excluding carboxylic acids is 1. The summed E-state index contributed by atoms with van der Waals surface area (Å²) in [6, 6.07) is 9.40. The van der Waals surface area contributed by atoms with Crippen LogP contribution in [0.4, 0.5) is 4.79 Å². The molecule has 27 heavy (non-hydrogen) atoms. The van der Waals surface area contributed by atoms with Crippen LogP contribution in [0, 0.1) is 0 Å². The van der Waals surface area contributed by atoms with Crippen molar-refractivity contribution >= 4 is 12.0 Å². The molecule has 3 atom stereocenters. The number of urea groups is 1. The lowest BCUT2D eigenvalue weighted by atomic mass is 9.99. The molecular weight excluding hydrogens is 348 g/mol. The summed E-state index contributed by atoms with van der Waals surface area (Å²) in [7, 11) is 0. The molecule has 2 fully saturated rings. The van der Waals surface area contributed by atoms with Crippen LogP contribution >= 0.6 is 0 Å². The van der Waals surface area contributed by atoms with Gasteiger partial charge in [-0.05, 0) is 25.3 Å². The number of hydrogen-bond donors (Lipinski definition) is 2. The fourth-order valence-corrected chi connectivity index (χ4v) is 3.87. The number of morpholine rings is 1. The summed E-state index contributed by atoms with van der Waals surface area (Å²) in [4.78, 5) is 25.7. The Labute approximate surface area is 159 Å². The first-order valence-electron chi connectivity index (χ1n) is 9.52. The Bertz CT molecular complexity index is 645. The normalized spacial score (nSPS) is 26.1. The smallest absolute Gasteiger partial charge is 0.317 e. The van der Waals surface area contributed by atoms with Gasteiger partial charge in [0, 0.05) is 32.0 Å². The van der Waals surface area contributed by atoms with E-state index >= 15 is 0 Å². The molecule has 1 spiro atoms. The highest BCUT2D eigenvalue weighted by atomic mass is 16.6. The highest BCUT2D eigenvalue weighted by molar-refractivity contribution is 5.75. The number of aliphatic carboxylic acids is 1. The van der Waals surface area contributed by atoms with E-state index in [2.05, 4.69) is 5.32 Å². The van der Waals surface area contributed by atoms with E-state index in [0.717, 1.165) is 12.0 Å². The number of carbonyl (C=O) groups is 2. The van der Waals surface area contributed by atoms with Crippen LogP contribution in [0.2, 0.25) is 0 Å². The second-order valence-corrected chi connectivity index (χ2v) is 7.56. The van der Waals surface area contributed by atoms with E-state index in [-0.39, 0.29) is 24.6 Å². The summed E-state index contributed by atoms with van der Waals surface area (Å²) in [5.74, 6) is -0.857. The Balaban J connectivity index is 1.64. The van der Waals surface area contributed by atoms with Crippen LogP contribution in [-0.4, -0.2) is 66.1 Å². The van der Waals surface area contributed by atoms with Crippen molar-refractivity contribution < 1.29 is 24.2 Å². The van der Waals surface area contributed by atoms with Crippen molar-refractivity contribution in [3.63, 3.8) is 0 Å². The Hall–Kier alpha value is -2.12. The van der Waals surface area contributed by atoms with Gasteiger partial charge in [0.15, 0.2) is 0 Å². The summed E-state index contributed by atoms with van der Waals surface area (Å²) in [6.45, 7) is 4.14. The molecule has 148 valence electrons. The van der Waals surface area contributed by atoms with Crippen molar-refractivity contribution in [1.82, 2.24) is 10.2 Å². The highest BCUT2D eigenvalue weighted by Crippen LogP contribution is 2.30. The van der Waals surface area contributed by atoms with Crippen LogP contribution in [0.3, 0.4) is 0 Å². The van der Waals surface area contributed by atoms with Gasteiger partial charge in [-0.25, -0.2) is 4.79 Å². The second-order valence-electron chi connectivity index (χ2n) is 7.56. The molecule has 7 nitrogen and oxygen atoms in total. The third-order valence-corrected chi connectivity index (χ3v) is 5.12. The van der Waals surface area contributed by atoms with E-state index in [1.807, 2.05) is 37.3 Å². The molecule has 1 aromatic rings. The van der Waals surface area contributed by atoms with Crippen LogP contribution in [-0.2, 0) is 20.7 Å². The van der Waals surface area contributed by atoms with Crippen LogP contribution in [0.5, 0.6) is 0 Å². The van der Waals surface area contributed by atoms with E-state index < -0.39 is 11.6 Å². The van der Waals surface area contributed by atoms with Crippen molar-refractivity contribution in [3.05, 3.63) is 35.9 Å². The number of ether oxygens (including phenoxy) is 2. The van der Waals surface area contributed by atoms with Gasteiger partial charge in [0.25, 0.3) is 0 Å². The Morgan fingerprint density at radius 1 is 1.37 bits per heavy atom. The number of nitrogens with one attached hydrogen (secondary N) is 1. The summed E-state index contributed by atoms with van der Waals surface area (Å²) in [5, 5.41) is 12.1. The third-order valence-electron chi connectivity index (χ3n) is 5.12. The van der Waals surface area contributed by atoms with Crippen LogP contribution < -0.4 is 5.32 Å². The predicted molar refractivity (Wildman–Crippen MR) is 99.6 cm³/mol. The number of carboxylic acid groups (broad SMARTS) is 1. The molecule has 2 aliphatic heterocycles. The van der Waals surface area contributed by atoms with Crippen LogP contribution in [0.1, 0.15) is 31.7 Å². The first-order valence-corrected chi connectivity index (χ1v) is 9.52. The zero-order chi connectivity index (χ0) is 19.3. The molecule has 0 aliphatic carbocycles. The van der Waals surface area contributed by atoms with Crippen molar-refractivity contribution in [2.75, 3.05) is 26.3 Å². The molecule has 3 unspecified atom stereocenters. The average Bonchev–Trinajstić information content (AvgIpc) is 3.07. The lowest BCUT2D eigenvalue weighted by Crippen LogP contribution is -2.59. The molecule has 3 rings (SSSR count). The van der Waals surface area contributed by atoms with Gasteiger partial charge in [0.1, 0.15) is 5.60 Å². The van der Waals surface area contributed by atoms with Gasteiger partial charge in [-0.15, -0.1) is 0 Å². The van der Waals surface area contributed by atoms with Crippen molar-refractivity contribution in [2.24, 2.45) is 0 Å². The lowest BCUT2D eigenvalue weighted by molar-refractivity contribution is -0.137. The molecule has 2 heterocycles. The molecular formula is C20H28N2O5. The van der Waals surface area contributed by atoms with E-state index in [4.69, 9.17) is 14.6 Å². The van der Waals surface area contributed by atoms with Crippen molar-refractivity contribution in [1.29, 1.82) is 0 Å². The SMILES string of the molecule is CC1CN(C(=O)NC(CCC(=O)O)Cc2ccccc2)CC2(CCOC2)O1. The average molecular weight is 376 g/mol. The number of benzene rings is 1. The largest absolute Gasteiger partial charge is 0.481 e. The van der Waals surface area contributed by atoms with Gasteiger partial charge in [-0.1, -0.05) is 30.3 Å². The van der Waals surface area contributed by atoms with Gasteiger partial charge in [-0.3, -0.25) is 4.79 Å². The number of hydrogen-bond acceptors (Lipinski definition) is 4. The maximum absolute atomic E-state index is 12.9. The van der Waals surface area contributed by atoms with Crippen molar-refractivity contribution in [3.8, 4) is 0 Å². The molecule has 0 aromatic heterocycles. The Morgan fingerprint density at radius 3 is 2.81 bits per heavy atom. The first-order chi connectivity index (χ1) is 13.0. The zero-order valence-electron chi connectivity index (χ0n) is 15.7. The summed E-state index contributed by atoms with van der Waals surface area (Å²) >= 11 is 0. The van der Waals surface area contributed by atoms with E-state index in [1.54, 1.807) is 4.90 Å². The molecule has 1 aromatic carbocycles. The fourth-order valence-electron chi connectivity index (χ4n) is 3.87. The van der Waals surface area contributed by atoms with Crippen LogP contribution in [0.25, 0.3) is 0 Å². The standard InChI is InChI=1S/C20H28N2O5/c1-15-12-22(13-20(27-15)9-10-26-14-20)19(25)21-17(7-8-18(23)24)11-16-5-3-2-4-6-16/h2-6,15,17H,7-14H2,1H3,(H,21,25)(H,23,24). The Morgan fingerprint density at radius 2 is 2.15 bits per heavy atom. The summed E-state index contributed by atoms with van der Waals surface area (Å²) in [6.07, 6.45) is 1.75. The number of rotatable bonds is 6. The maximum Gasteiger partial charge on any atom is 0.317 e. The van der Waals surface area contributed by atoms with Gasteiger partial charge in [0.2, 0.25) is 0 Å². The molecule has 0 bridgehead atoms. The first kappa shape index (κ1) is 19.6. The number of carboxylic acids is 1. The molecule has 2 saturated heterocycles. The minimum Gasteiger partial charge on any atom is -0.481 e. The number of nitrogens with zero attached hydrogens (tertiary/aromatic N) is 1. The summed E-state index contributed by atoms with van der Waals surface area (Å²) < 4.78 is 11.6. The van der Waals surface area contributed by atoms with Crippen LogP contribution in [0.15, 0.2) is 30.3 Å². The molecule has 2 aliphatic rings. The Kier molecular flexibility index (Phi) is 6.34. The zero-order valence-corrected chi connectivity index (χ0v) is 15.7. The quantitative estimate of drug-likeness (QED) is 0.793. The fraction of sp³-hybridized carbons (Fsp3) is 0.600. The molecule has 2 amide bonds. The van der Waals surface area contributed by atoms with Gasteiger partial charge in [-0.2, -0.15) is 0 Å².